The van der Waals surface area contributed by atoms with Crippen LogP contribution in [0.4, 0.5) is 13.2 Å². The first kappa shape index (κ1) is 22.5. The second kappa shape index (κ2) is 8.88. The molecule has 0 atom stereocenters. The zero-order valence-corrected chi connectivity index (χ0v) is 16.9. The zero-order valence-electron chi connectivity index (χ0n) is 16.9. The molecule has 0 unspecified atom stereocenters. The van der Waals surface area contributed by atoms with E-state index >= 15 is 0 Å². The van der Waals surface area contributed by atoms with E-state index in [0.29, 0.717) is 19.0 Å². The fraction of sp³-hybridized carbons (Fsp3) is 0.400. The first-order valence-corrected chi connectivity index (χ1v) is 9.53. The summed E-state index contributed by atoms with van der Waals surface area (Å²) in [7, 11) is 0. The highest BCUT2D eigenvalue weighted by molar-refractivity contribution is 5.73. The van der Waals surface area contributed by atoms with Crippen molar-refractivity contribution < 1.29 is 27.5 Å². The topological polar surface area (TPSA) is 101 Å². The molecule has 3 heterocycles. The molecule has 0 spiro atoms. The standard InChI is InChI=1S/C18H20N4O2.C2HF3O2/c1-12(2)22-18(23)9-13-10-21(8-7-14(13)20-22)11-17-19-15-5-3-4-6-16(15)24-17;3-2(4,5)1(6)7/h3-6,9,12H,7-8,10-11H2,1-2H3;(H,6,7). The molecule has 1 N–H and O–H groups in total. The van der Waals surface area contributed by atoms with E-state index in [2.05, 4.69) is 15.0 Å². The number of alkyl halides is 3. The largest absolute Gasteiger partial charge is 0.490 e. The Morgan fingerprint density at radius 3 is 2.58 bits per heavy atom. The fourth-order valence-corrected chi connectivity index (χ4v) is 3.16. The van der Waals surface area contributed by atoms with E-state index < -0.39 is 12.1 Å². The second-order valence-corrected chi connectivity index (χ2v) is 7.33. The number of oxazole rings is 1. The Balaban J connectivity index is 0.000000339. The van der Waals surface area contributed by atoms with E-state index in [0.717, 1.165) is 35.3 Å². The van der Waals surface area contributed by atoms with E-state index in [1.54, 1.807) is 10.7 Å². The lowest BCUT2D eigenvalue weighted by Gasteiger charge is -2.27. The molecule has 166 valence electrons. The predicted octanol–water partition coefficient (Wildman–Crippen LogP) is 3.16. The zero-order chi connectivity index (χ0) is 22.8. The number of para-hydroxylation sites is 2. The van der Waals surface area contributed by atoms with Crippen molar-refractivity contribution in [3.63, 3.8) is 0 Å². The number of aliphatic carboxylic acids is 1. The molecule has 1 aromatic carbocycles. The van der Waals surface area contributed by atoms with Crippen LogP contribution in [-0.4, -0.2) is 43.5 Å². The van der Waals surface area contributed by atoms with Crippen molar-refractivity contribution >= 4 is 17.1 Å². The maximum Gasteiger partial charge on any atom is 0.490 e. The number of hydrogen-bond acceptors (Lipinski definition) is 6. The van der Waals surface area contributed by atoms with Crippen LogP contribution in [0.3, 0.4) is 0 Å². The average molecular weight is 438 g/mol. The highest BCUT2D eigenvalue weighted by atomic mass is 19.4. The molecule has 2 aromatic heterocycles. The minimum Gasteiger partial charge on any atom is -0.475 e. The van der Waals surface area contributed by atoms with E-state index in [4.69, 9.17) is 14.3 Å². The van der Waals surface area contributed by atoms with Gasteiger partial charge in [0.1, 0.15) is 5.52 Å². The van der Waals surface area contributed by atoms with Gasteiger partial charge in [0.05, 0.1) is 18.3 Å². The number of benzene rings is 1. The highest BCUT2D eigenvalue weighted by Crippen LogP contribution is 2.20. The number of carboxylic acids is 1. The Morgan fingerprint density at radius 2 is 1.97 bits per heavy atom. The van der Waals surface area contributed by atoms with Gasteiger partial charge < -0.3 is 9.52 Å². The maximum absolute atomic E-state index is 12.2. The number of hydrogen-bond donors (Lipinski definition) is 1. The molecule has 1 aliphatic heterocycles. The van der Waals surface area contributed by atoms with E-state index in [1.165, 1.54) is 0 Å². The van der Waals surface area contributed by atoms with Gasteiger partial charge in [0.25, 0.3) is 5.56 Å². The SMILES string of the molecule is CC(C)n1nc2c(cc1=O)CN(Cc1nc3ccccc3o1)CC2.O=C(O)C(F)(F)F. The van der Waals surface area contributed by atoms with Crippen LogP contribution in [0.15, 0.2) is 39.5 Å². The van der Waals surface area contributed by atoms with Gasteiger partial charge in [-0.3, -0.25) is 9.69 Å². The summed E-state index contributed by atoms with van der Waals surface area (Å²) in [6.45, 7) is 6.18. The van der Waals surface area contributed by atoms with Crippen molar-refractivity contribution in [1.82, 2.24) is 19.7 Å². The number of rotatable bonds is 3. The third-order valence-corrected chi connectivity index (χ3v) is 4.61. The number of aromatic nitrogens is 3. The lowest BCUT2D eigenvalue weighted by molar-refractivity contribution is -0.192. The van der Waals surface area contributed by atoms with E-state index in [-0.39, 0.29) is 11.6 Å². The summed E-state index contributed by atoms with van der Waals surface area (Å²) < 4.78 is 39.1. The number of halogens is 3. The second-order valence-electron chi connectivity index (χ2n) is 7.33. The Hall–Kier alpha value is -3.21. The smallest absolute Gasteiger partial charge is 0.475 e. The highest BCUT2D eigenvalue weighted by Gasteiger charge is 2.38. The summed E-state index contributed by atoms with van der Waals surface area (Å²) in [5.74, 6) is -2.05. The molecular formula is C20H21F3N4O4. The maximum atomic E-state index is 12.2. The van der Waals surface area contributed by atoms with Gasteiger partial charge in [-0.1, -0.05) is 12.1 Å². The van der Waals surface area contributed by atoms with Gasteiger partial charge >= 0.3 is 12.1 Å². The Morgan fingerprint density at radius 1 is 1.29 bits per heavy atom. The van der Waals surface area contributed by atoms with Crippen LogP contribution in [0, 0.1) is 0 Å². The summed E-state index contributed by atoms with van der Waals surface area (Å²) in [6, 6.07) is 9.58. The summed E-state index contributed by atoms with van der Waals surface area (Å²) in [5, 5.41) is 11.7. The first-order valence-electron chi connectivity index (χ1n) is 9.53. The molecule has 8 nitrogen and oxygen atoms in total. The molecule has 0 saturated carbocycles. The molecule has 0 saturated heterocycles. The van der Waals surface area contributed by atoms with Crippen LogP contribution in [-0.2, 0) is 24.3 Å². The lowest BCUT2D eigenvalue weighted by atomic mass is 10.1. The normalized spacial score (nSPS) is 14.3. The summed E-state index contributed by atoms with van der Waals surface area (Å²) >= 11 is 0. The summed E-state index contributed by atoms with van der Waals surface area (Å²) in [5.41, 5.74) is 3.70. The molecule has 31 heavy (non-hydrogen) atoms. The van der Waals surface area contributed by atoms with Gasteiger partial charge in [-0.15, -0.1) is 0 Å². The van der Waals surface area contributed by atoms with E-state index in [9.17, 15) is 18.0 Å². The van der Waals surface area contributed by atoms with Gasteiger partial charge in [0.15, 0.2) is 5.58 Å². The van der Waals surface area contributed by atoms with Crippen LogP contribution in [0.5, 0.6) is 0 Å². The predicted molar refractivity (Wildman–Crippen MR) is 104 cm³/mol. The number of carboxylic acid groups (broad SMARTS) is 1. The van der Waals surface area contributed by atoms with Gasteiger partial charge in [-0.25, -0.2) is 14.5 Å². The quantitative estimate of drug-likeness (QED) is 0.670. The number of carbonyl (C=O) groups is 1. The van der Waals surface area contributed by atoms with Crippen LogP contribution >= 0.6 is 0 Å². The third-order valence-electron chi connectivity index (χ3n) is 4.61. The Kier molecular flexibility index (Phi) is 6.44. The van der Waals surface area contributed by atoms with Crippen molar-refractivity contribution in [2.75, 3.05) is 6.54 Å². The molecule has 0 amide bonds. The van der Waals surface area contributed by atoms with Crippen molar-refractivity contribution in [2.45, 2.75) is 45.6 Å². The molecule has 3 aromatic rings. The van der Waals surface area contributed by atoms with Gasteiger partial charge in [0.2, 0.25) is 5.89 Å². The van der Waals surface area contributed by atoms with Crippen molar-refractivity contribution in [2.24, 2.45) is 0 Å². The number of nitrogens with zero attached hydrogens (tertiary/aromatic N) is 4. The number of fused-ring (bicyclic) bond motifs is 2. The summed E-state index contributed by atoms with van der Waals surface area (Å²) in [6.07, 6.45) is -4.25. The fourth-order valence-electron chi connectivity index (χ4n) is 3.16. The van der Waals surface area contributed by atoms with Gasteiger partial charge in [-0.2, -0.15) is 18.3 Å². The van der Waals surface area contributed by atoms with Crippen molar-refractivity contribution in [1.29, 1.82) is 0 Å². The molecule has 0 fully saturated rings. The third kappa shape index (κ3) is 5.48. The molecule has 11 heteroatoms. The van der Waals surface area contributed by atoms with Crippen LogP contribution in [0.25, 0.3) is 11.1 Å². The molecule has 0 bridgehead atoms. The van der Waals surface area contributed by atoms with Gasteiger partial charge in [0, 0.05) is 25.6 Å². The lowest BCUT2D eigenvalue weighted by Crippen LogP contribution is -2.35. The first-order chi connectivity index (χ1) is 14.5. The Bertz CT molecular complexity index is 1100. The average Bonchev–Trinajstić information content (AvgIpc) is 3.09. The van der Waals surface area contributed by atoms with Crippen molar-refractivity contribution in [3.05, 3.63) is 57.8 Å². The summed E-state index contributed by atoms with van der Waals surface area (Å²) in [4.78, 5) is 27.8. The van der Waals surface area contributed by atoms with E-state index in [1.807, 2.05) is 38.1 Å². The molecule has 0 aliphatic carbocycles. The van der Waals surface area contributed by atoms with Crippen LogP contribution in [0.2, 0.25) is 0 Å². The Labute approximate surface area is 174 Å². The molecule has 0 radical (unpaired) electrons. The van der Waals surface area contributed by atoms with Gasteiger partial charge in [-0.05, 0) is 31.5 Å². The van der Waals surface area contributed by atoms with Crippen molar-refractivity contribution in [3.8, 4) is 0 Å². The monoisotopic (exact) mass is 438 g/mol. The minimum atomic E-state index is -5.08. The van der Waals surface area contributed by atoms with Crippen LogP contribution in [0.1, 0.15) is 37.0 Å². The molecular weight excluding hydrogens is 417 g/mol. The molecule has 4 rings (SSSR count). The van der Waals surface area contributed by atoms with Crippen LogP contribution < -0.4 is 5.56 Å². The molecule has 1 aliphatic rings. The minimum absolute atomic E-state index is 0.0348.